The summed E-state index contributed by atoms with van der Waals surface area (Å²) < 4.78 is 0. The molecule has 4 amide bonds. The Balaban J connectivity index is 5.41. The summed E-state index contributed by atoms with van der Waals surface area (Å²) in [6.07, 6.45) is -0.181. The topological polar surface area (TPSA) is 277 Å². The third-order valence-corrected chi connectivity index (χ3v) is 4.43. The molecule has 12 N–H and O–H groups in total. The molecule has 0 aliphatic rings. The molecule has 15 heteroatoms. The monoisotopic (exact) mass is 476 g/mol. The number of aliphatic hydroxyl groups excluding tert-OH is 1. The minimum atomic E-state index is -1.69. The van der Waals surface area contributed by atoms with Gasteiger partial charge in [-0.1, -0.05) is 6.42 Å². The normalized spacial score (nSPS) is 14.3. The number of aliphatic hydroxyl groups is 1. The lowest BCUT2D eigenvalue weighted by Crippen LogP contribution is -2.58. The summed E-state index contributed by atoms with van der Waals surface area (Å²) in [6, 6.07) is -5.85. The van der Waals surface area contributed by atoms with Crippen LogP contribution in [0.25, 0.3) is 0 Å². The first-order chi connectivity index (χ1) is 15.4. The van der Waals surface area contributed by atoms with Crippen molar-refractivity contribution in [3.8, 4) is 0 Å². The van der Waals surface area contributed by atoms with Gasteiger partial charge >= 0.3 is 11.9 Å². The Kier molecular flexibility index (Phi) is 13.9. The molecule has 4 unspecified atom stereocenters. The maximum atomic E-state index is 12.6. The predicted octanol–water partition coefficient (Wildman–Crippen LogP) is -4.29. The van der Waals surface area contributed by atoms with Gasteiger partial charge in [0.05, 0.1) is 19.1 Å². The number of carboxylic acid groups (broad SMARTS) is 2. The Bertz CT molecular complexity index is 718. The first kappa shape index (κ1) is 29.7. The summed E-state index contributed by atoms with van der Waals surface area (Å²) in [5.41, 5.74) is 16.2. The number of amides is 4. The second kappa shape index (κ2) is 15.5. The second-order valence-electron chi connectivity index (χ2n) is 7.20. The molecule has 0 fully saturated rings. The van der Waals surface area contributed by atoms with Crippen molar-refractivity contribution in [1.29, 1.82) is 0 Å². The van der Waals surface area contributed by atoms with Gasteiger partial charge in [0.25, 0.3) is 0 Å². The van der Waals surface area contributed by atoms with Crippen molar-refractivity contribution < 1.29 is 44.1 Å². The first-order valence-electron chi connectivity index (χ1n) is 10.1. The van der Waals surface area contributed by atoms with Gasteiger partial charge in [-0.25, -0.2) is 4.79 Å². The molecule has 0 heterocycles. The molecule has 0 rings (SSSR count). The van der Waals surface area contributed by atoms with E-state index in [-0.39, 0.29) is 19.3 Å². The van der Waals surface area contributed by atoms with E-state index in [0.29, 0.717) is 19.4 Å². The molecule has 4 atom stereocenters. The molecule has 33 heavy (non-hydrogen) atoms. The maximum absolute atomic E-state index is 12.6. The van der Waals surface area contributed by atoms with Crippen molar-refractivity contribution in [3.63, 3.8) is 0 Å². The van der Waals surface area contributed by atoms with Crippen LogP contribution in [-0.4, -0.2) is 88.2 Å². The van der Waals surface area contributed by atoms with Gasteiger partial charge in [-0.15, -0.1) is 0 Å². The van der Waals surface area contributed by atoms with E-state index in [1.807, 2.05) is 5.32 Å². The Morgan fingerprint density at radius 3 is 1.82 bits per heavy atom. The third-order valence-electron chi connectivity index (χ3n) is 4.43. The van der Waals surface area contributed by atoms with Gasteiger partial charge in [-0.2, -0.15) is 0 Å². The van der Waals surface area contributed by atoms with Crippen molar-refractivity contribution in [2.45, 2.75) is 62.7 Å². The SMILES string of the molecule is NCCCCC(N)C(=O)NC(CC(=O)O)C(=O)NC(CCC(N)=O)C(=O)NC(CO)C(=O)O. The lowest BCUT2D eigenvalue weighted by atomic mass is 10.1. The van der Waals surface area contributed by atoms with E-state index in [1.165, 1.54) is 0 Å². The lowest BCUT2D eigenvalue weighted by Gasteiger charge is -2.24. The highest BCUT2D eigenvalue weighted by molar-refractivity contribution is 5.95. The van der Waals surface area contributed by atoms with Crippen LogP contribution in [0.15, 0.2) is 0 Å². The van der Waals surface area contributed by atoms with Crippen LogP contribution >= 0.6 is 0 Å². The highest BCUT2D eigenvalue weighted by Crippen LogP contribution is 2.04. The molecule has 0 saturated heterocycles. The number of nitrogens with two attached hydrogens (primary N) is 3. The van der Waals surface area contributed by atoms with Gasteiger partial charge < -0.3 is 48.5 Å². The average molecular weight is 476 g/mol. The van der Waals surface area contributed by atoms with Gasteiger partial charge in [0.2, 0.25) is 23.6 Å². The molecule has 0 aromatic carbocycles. The number of nitrogens with one attached hydrogen (secondary N) is 3. The largest absolute Gasteiger partial charge is 0.481 e. The van der Waals surface area contributed by atoms with E-state index in [1.54, 1.807) is 0 Å². The van der Waals surface area contributed by atoms with Crippen LogP contribution in [0.1, 0.15) is 38.5 Å². The summed E-state index contributed by atoms with van der Waals surface area (Å²) in [5.74, 6) is -6.75. The number of carbonyl (C=O) groups excluding carboxylic acids is 4. The molecule has 0 aromatic rings. The van der Waals surface area contributed by atoms with Crippen molar-refractivity contribution in [1.82, 2.24) is 16.0 Å². The zero-order valence-corrected chi connectivity index (χ0v) is 18.0. The smallest absolute Gasteiger partial charge is 0.328 e. The van der Waals surface area contributed by atoms with Crippen LogP contribution in [0.5, 0.6) is 0 Å². The number of unbranched alkanes of at least 4 members (excludes halogenated alkanes) is 1. The summed E-state index contributed by atoms with van der Waals surface area (Å²) >= 11 is 0. The van der Waals surface area contributed by atoms with Gasteiger partial charge in [0.15, 0.2) is 0 Å². The summed E-state index contributed by atoms with van der Waals surface area (Å²) in [7, 11) is 0. The van der Waals surface area contributed by atoms with Gasteiger partial charge in [-0.05, 0) is 25.8 Å². The Morgan fingerprint density at radius 1 is 0.788 bits per heavy atom. The second-order valence-corrected chi connectivity index (χ2v) is 7.20. The molecule has 188 valence electrons. The summed E-state index contributed by atoms with van der Waals surface area (Å²) in [5, 5.41) is 33.4. The zero-order chi connectivity index (χ0) is 25.6. The highest BCUT2D eigenvalue weighted by Gasteiger charge is 2.31. The van der Waals surface area contributed by atoms with E-state index in [4.69, 9.17) is 32.5 Å². The number of primary amides is 1. The van der Waals surface area contributed by atoms with Gasteiger partial charge in [0, 0.05) is 6.42 Å². The predicted molar refractivity (Wildman–Crippen MR) is 112 cm³/mol. The molecule has 0 radical (unpaired) electrons. The minimum Gasteiger partial charge on any atom is -0.481 e. The quantitative estimate of drug-likeness (QED) is 0.0905. The van der Waals surface area contributed by atoms with Crippen LogP contribution in [0, 0.1) is 0 Å². The fraction of sp³-hybridized carbons (Fsp3) is 0.667. The first-order valence-corrected chi connectivity index (χ1v) is 10.1. The van der Waals surface area contributed by atoms with Crippen molar-refractivity contribution >= 4 is 35.6 Å². The fourth-order valence-electron chi connectivity index (χ4n) is 2.59. The van der Waals surface area contributed by atoms with E-state index in [2.05, 4.69) is 10.6 Å². The van der Waals surface area contributed by atoms with E-state index >= 15 is 0 Å². The highest BCUT2D eigenvalue weighted by atomic mass is 16.4. The Hall–Kier alpha value is -3.30. The summed E-state index contributed by atoms with van der Waals surface area (Å²) in [6.45, 7) is -0.552. The van der Waals surface area contributed by atoms with E-state index in [9.17, 15) is 28.8 Å². The average Bonchev–Trinajstić information content (AvgIpc) is 2.73. The zero-order valence-electron chi connectivity index (χ0n) is 18.0. The molecule has 0 saturated carbocycles. The van der Waals surface area contributed by atoms with Crippen LogP contribution in [-0.2, 0) is 28.8 Å². The van der Waals surface area contributed by atoms with Crippen LogP contribution in [0.3, 0.4) is 0 Å². The lowest BCUT2D eigenvalue weighted by molar-refractivity contribution is -0.144. The standard InChI is InChI=1S/C18H32N6O9/c19-6-2-1-3-9(20)15(29)23-11(7-14(27)28)17(31)22-10(4-5-13(21)26)16(30)24-12(8-25)18(32)33/h9-12,25H,1-8,19-20H2,(H2,21,26)(H,22,31)(H,23,29)(H,24,30)(H,27,28)(H,32,33). The third kappa shape index (κ3) is 12.4. The number of rotatable bonds is 17. The molecule has 0 aromatic heterocycles. The van der Waals surface area contributed by atoms with E-state index in [0.717, 1.165) is 0 Å². The van der Waals surface area contributed by atoms with Crippen LogP contribution < -0.4 is 33.2 Å². The molecular formula is C18H32N6O9. The Morgan fingerprint density at radius 2 is 1.33 bits per heavy atom. The van der Waals surface area contributed by atoms with Crippen molar-refractivity contribution in [2.24, 2.45) is 17.2 Å². The van der Waals surface area contributed by atoms with Gasteiger partial charge in [0.1, 0.15) is 18.1 Å². The van der Waals surface area contributed by atoms with Gasteiger partial charge in [-0.3, -0.25) is 24.0 Å². The number of carboxylic acids is 2. The van der Waals surface area contributed by atoms with E-state index < -0.39 is 72.8 Å². The number of carbonyl (C=O) groups is 6. The molecule has 0 aliphatic heterocycles. The molecule has 15 nitrogen and oxygen atoms in total. The Labute approximate surface area is 189 Å². The van der Waals surface area contributed by atoms with Crippen molar-refractivity contribution in [3.05, 3.63) is 0 Å². The minimum absolute atomic E-state index is 0.242. The molecular weight excluding hydrogens is 444 g/mol. The summed E-state index contributed by atoms with van der Waals surface area (Å²) in [4.78, 5) is 70.6. The number of hydrogen-bond donors (Lipinski definition) is 9. The molecule has 0 spiro atoms. The van der Waals surface area contributed by atoms with Crippen LogP contribution in [0.2, 0.25) is 0 Å². The van der Waals surface area contributed by atoms with Crippen molar-refractivity contribution in [2.75, 3.05) is 13.2 Å². The van der Waals surface area contributed by atoms with Crippen LogP contribution in [0.4, 0.5) is 0 Å². The molecule has 0 aliphatic carbocycles. The molecule has 0 bridgehead atoms. The maximum Gasteiger partial charge on any atom is 0.328 e. The fourth-order valence-corrected chi connectivity index (χ4v) is 2.59. The number of aliphatic carboxylic acids is 2. The number of hydrogen-bond acceptors (Lipinski definition) is 9.